The lowest BCUT2D eigenvalue weighted by Crippen LogP contribution is -2.33. The van der Waals surface area contributed by atoms with Gasteiger partial charge in [-0.3, -0.25) is 23.3 Å². The molecule has 2 heterocycles. The molecule has 1 aromatic heterocycles. The average Bonchev–Trinajstić information content (AvgIpc) is 2.80. The number of phosphoric acid groups is 1. The highest BCUT2D eigenvalue weighted by molar-refractivity contribution is 7.46. The van der Waals surface area contributed by atoms with Gasteiger partial charge in [0.05, 0.1) is 12.7 Å². The first-order valence-corrected chi connectivity index (χ1v) is 9.51. The lowest BCUT2D eigenvalue weighted by Gasteiger charge is -2.16. The summed E-state index contributed by atoms with van der Waals surface area (Å²) < 4.78 is 30.1. The SMILES string of the molecule is Cc1cn([C@H]2C[C@H](O)[C@@H](COP(=O)(O)O)O2)c(=O)[nH]c1=O.O=[Si](O)O. The summed E-state index contributed by atoms with van der Waals surface area (Å²) in [5, 5.41) is 9.79. The van der Waals surface area contributed by atoms with Gasteiger partial charge >= 0.3 is 22.7 Å². The van der Waals surface area contributed by atoms with E-state index in [1.54, 1.807) is 0 Å². The van der Waals surface area contributed by atoms with E-state index in [1.807, 2.05) is 0 Å². The van der Waals surface area contributed by atoms with Gasteiger partial charge in [-0.2, -0.15) is 0 Å². The van der Waals surface area contributed by atoms with Crippen LogP contribution in [0.5, 0.6) is 0 Å². The van der Waals surface area contributed by atoms with E-state index in [1.165, 1.54) is 13.1 Å². The molecule has 3 atom stereocenters. The van der Waals surface area contributed by atoms with Crippen LogP contribution in [0.25, 0.3) is 0 Å². The molecule has 0 spiro atoms. The molecule has 142 valence electrons. The number of hydrogen-bond acceptors (Lipinski definition) is 7. The number of aromatic nitrogens is 2. The summed E-state index contributed by atoms with van der Waals surface area (Å²) in [7, 11) is -7.80. The van der Waals surface area contributed by atoms with Gasteiger partial charge in [0.25, 0.3) is 5.56 Å². The molecule has 0 saturated carbocycles. The van der Waals surface area contributed by atoms with E-state index in [-0.39, 0.29) is 6.42 Å². The normalized spacial score (nSPS) is 23.0. The fourth-order valence-electron chi connectivity index (χ4n) is 2.01. The van der Waals surface area contributed by atoms with Gasteiger partial charge < -0.3 is 29.2 Å². The maximum absolute atomic E-state index is 11.7. The number of H-pyrrole nitrogens is 1. The van der Waals surface area contributed by atoms with Crippen LogP contribution in [0.3, 0.4) is 0 Å². The second-order valence-corrected chi connectivity index (χ2v) is 6.78. The van der Waals surface area contributed by atoms with Crippen molar-refractivity contribution in [3.05, 3.63) is 32.6 Å². The van der Waals surface area contributed by atoms with Gasteiger partial charge in [-0.1, -0.05) is 0 Å². The van der Waals surface area contributed by atoms with Crippen LogP contribution >= 0.6 is 7.82 Å². The van der Waals surface area contributed by atoms with Gasteiger partial charge in [-0.25, -0.2) is 9.36 Å². The molecule has 2 rings (SSSR count). The molecule has 0 bridgehead atoms. The Morgan fingerprint density at radius 2 is 2.00 bits per heavy atom. The first kappa shape index (κ1) is 21.4. The van der Waals surface area contributed by atoms with Crippen LogP contribution in [0, 0.1) is 6.92 Å². The van der Waals surface area contributed by atoms with Crippen LogP contribution in [-0.2, 0) is 18.3 Å². The molecule has 1 saturated heterocycles. The summed E-state index contributed by atoms with van der Waals surface area (Å²) >= 11 is 0. The highest BCUT2D eigenvalue weighted by Crippen LogP contribution is 2.38. The van der Waals surface area contributed by atoms with Crippen molar-refractivity contribution in [2.45, 2.75) is 31.8 Å². The van der Waals surface area contributed by atoms with Crippen molar-refractivity contribution in [2.24, 2.45) is 0 Å². The fraction of sp³-hybridized carbons (Fsp3) is 0.600. The minimum absolute atomic E-state index is 0.0283. The van der Waals surface area contributed by atoms with E-state index in [0.717, 1.165) is 4.57 Å². The van der Waals surface area contributed by atoms with Gasteiger partial charge in [0.2, 0.25) is 0 Å². The molecule has 0 radical (unpaired) electrons. The number of nitrogens with zero attached hydrogens (tertiary/aromatic N) is 1. The smallest absolute Gasteiger partial charge is 0.511 e. The predicted molar refractivity (Wildman–Crippen MR) is 79.5 cm³/mol. The molecule has 13 nitrogen and oxygen atoms in total. The van der Waals surface area contributed by atoms with E-state index in [0.29, 0.717) is 5.56 Å². The van der Waals surface area contributed by atoms with Crippen LogP contribution in [-0.4, -0.2) is 62.0 Å². The summed E-state index contributed by atoms with van der Waals surface area (Å²) in [6.45, 7) is 0.994. The Kier molecular flexibility index (Phi) is 7.37. The van der Waals surface area contributed by atoms with Crippen molar-refractivity contribution in [3.63, 3.8) is 0 Å². The number of rotatable bonds is 4. The Labute approximate surface area is 141 Å². The molecule has 0 aliphatic carbocycles. The average molecular weight is 400 g/mol. The monoisotopic (exact) mass is 400 g/mol. The van der Waals surface area contributed by atoms with Crippen molar-refractivity contribution < 1.29 is 42.8 Å². The third kappa shape index (κ3) is 6.99. The molecule has 1 aliphatic rings. The minimum Gasteiger partial charge on any atom is -0.511 e. The molecule has 1 fully saturated rings. The van der Waals surface area contributed by atoms with Crippen LogP contribution in [0.1, 0.15) is 18.2 Å². The number of phosphoric ester groups is 1. The van der Waals surface area contributed by atoms with Crippen LogP contribution in [0.4, 0.5) is 0 Å². The lowest BCUT2D eigenvalue weighted by atomic mass is 10.2. The molecule has 0 aromatic carbocycles. The maximum atomic E-state index is 11.7. The zero-order valence-corrected chi connectivity index (χ0v) is 14.7. The van der Waals surface area contributed by atoms with Gasteiger partial charge in [0.15, 0.2) is 0 Å². The summed E-state index contributed by atoms with van der Waals surface area (Å²) in [5.74, 6) is 0. The summed E-state index contributed by atoms with van der Waals surface area (Å²) in [5.41, 5.74) is -0.918. The van der Waals surface area contributed by atoms with E-state index < -0.39 is 53.3 Å². The lowest BCUT2D eigenvalue weighted by molar-refractivity contribution is -0.0451. The Morgan fingerprint density at radius 3 is 2.52 bits per heavy atom. The summed E-state index contributed by atoms with van der Waals surface area (Å²) in [6.07, 6.45) is -1.57. The molecule has 15 heteroatoms. The Morgan fingerprint density at radius 1 is 1.44 bits per heavy atom. The van der Waals surface area contributed by atoms with Crippen LogP contribution in [0.2, 0.25) is 0 Å². The van der Waals surface area contributed by atoms with Crippen LogP contribution < -0.4 is 11.2 Å². The topological polar surface area (TPSA) is 209 Å². The maximum Gasteiger partial charge on any atom is 0.761 e. The van der Waals surface area contributed by atoms with Gasteiger partial charge in [0, 0.05) is 18.2 Å². The Balaban J connectivity index is 0.000000705. The van der Waals surface area contributed by atoms with Crippen molar-refractivity contribution in [3.8, 4) is 0 Å². The number of aryl methyl sites for hydroxylation is 1. The van der Waals surface area contributed by atoms with E-state index in [2.05, 4.69) is 9.51 Å². The number of hydrogen-bond donors (Lipinski definition) is 6. The third-order valence-corrected chi connectivity index (χ3v) is 3.55. The van der Waals surface area contributed by atoms with Gasteiger partial charge in [0.1, 0.15) is 12.3 Å². The molecule has 0 amide bonds. The summed E-state index contributed by atoms with van der Waals surface area (Å²) in [4.78, 5) is 56.6. The molecule has 1 aliphatic heterocycles. The zero-order chi connectivity index (χ0) is 19.4. The Bertz CT molecular complexity index is 767. The van der Waals surface area contributed by atoms with Gasteiger partial charge in [-0.15, -0.1) is 0 Å². The van der Waals surface area contributed by atoms with Crippen molar-refractivity contribution in [1.82, 2.24) is 9.55 Å². The van der Waals surface area contributed by atoms with Crippen LogP contribution in [0.15, 0.2) is 15.8 Å². The number of ether oxygens (including phenoxy) is 1. The highest BCUT2D eigenvalue weighted by atomic mass is 31.2. The first-order chi connectivity index (χ1) is 11.4. The van der Waals surface area contributed by atoms with Crippen molar-refractivity contribution in [2.75, 3.05) is 6.61 Å². The zero-order valence-electron chi connectivity index (χ0n) is 12.8. The molecule has 1 aromatic rings. The number of aliphatic hydroxyl groups excluding tert-OH is 1. The third-order valence-electron chi connectivity index (χ3n) is 3.07. The van der Waals surface area contributed by atoms with Crippen molar-refractivity contribution >= 4 is 17.0 Å². The standard InChI is InChI=1S/C10H15N2O8P.H2O3Si/c1-5-3-12(10(15)11-9(5)14)8-2-6(13)7(20-8)4-19-21(16,17)18;1-4(2)3/h3,6-8,13H,2,4H2,1H3,(H,11,14,15)(H2,16,17,18);1-2H/t6-,7+,8+;/m0./s1. The second kappa shape index (κ2) is 8.62. The molecule has 25 heavy (non-hydrogen) atoms. The summed E-state index contributed by atoms with van der Waals surface area (Å²) in [6, 6.07) is 0. The number of aliphatic hydroxyl groups is 1. The molecule has 0 unspecified atom stereocenters. The Hall–Kier alpha value is -1.67. The predicted octanol–water partition coefficient (Wildman–Crippen LogP) is -3.01. The molecular formula is C10H17N2O11PSi. The second-order valence-electron chi connectivity index (χ2n) is 4.98. The highest BCUT2D eigenvalue weighted by Gasteiger charge is 2.37. The number of nitrogens with one attached hydrogen (secondary N) is 1. The minimum atomic E-state index is -4.67. The van der Waals surface area contributed by atoms with E-state index in [9.17, 15) is 19.3 Å². The van der Waals surface area contributed by atoms with Crippen molar-refractivity contribution in [1.29, 1.82) is 0 Å². The van der Waals surface area contributed by atoms with Gasteiger partial charge in [-0.05, 0) is 6.92 Å². The van der Waals surface area contributed by atoms with E-state index in [4.69, 9.17) is 28.6 Å². The number of aromatic amines is 1. The molecule has 6 N–H and O–H groups in total. The largest absolute Gasteiger partial charge is 0.761 e. The van der Waals surface area contributed by atoms with E-state index >= 15 is 0 Å². The first-order valence-electron chi connectivity index (χ1n) is 6.68. The fourth-order valence-corrected chi connectivity index (χ4v) is 2.35. The quantitative estimate of drug-likeness (QED) is 0.221. The molecular weight excluding hydrogens is 383 g/mol.